The number of urea groups is 1. The molecule has 0 saturated carbocycles. The SMILES string of the molecule is C#CCC(NC(=O)NCc1ccc(CC)cc1)C(=O)O. The lowest BCUT2D eigenvalue weighted by Gasteiger charge is -2.13. The number of carboxylic acid groups (broad SMARTS) is 1. The van der Waals surface area contributed by atoms with Gasteiger partial charge < -0.3 is 15.7 Å². The molecule has 0 radical (unpaired) electrons. The van der Waals surface area contributed by atoms with Crippen molar-refractivity contribution in [3.63, 3.8) is 0 Å². The second kappa shape index (κ2) is 7.85. The van der Waals surface area contributed by atoms with Gasteiger partial charge in [-0.3, -0.25) is 0 Å². The fourth-order valence-corrected chi connectivity index (χ4v) is 1.60. The number of rotatable bonds is 6. The Morgan fingerprint density at radius 2 is 1.90 bits per heavy atom. The van der Waals surface area contributed by atoms with Crippen LogP contribution in [0.3, 0.4) is 0 Å². The van der Waals surface area contributed by atoms with Gasteiger partial charge in [-0.15, -0.1) is 12.3 Å². The molecule has 1 unspecified atom stereocenters. The summed E-state index contributed by atoms with van der Waals surface area (Å²) in [6, 6.07) is 6.22. The number of carbonyl (C=O) groups is 2. The largest absolute Gasteiger partial charge is 0.480 e. The van der Waals surface area contributed by atoms with Crippen LogP contribution in [0.1, 0.15) is 24.5 Å². The van der Waals surface area contributed by atoms with Gasteiger partial charge in [0.1, 0.15) is 6.04 Å². The first-order valence-electron chi connectivity index (χ1n) is 6.35. The summed E-state index contributed by atoms with van der Waals surface area (Å²) in [5, 5.41) is 13.8. The van der Waals surface area contributed by atoms with Crippen LogP contribution in [0.4, 0.5) is 4.79 Å². The lowest BCUT2D eigenvalue weighted by Crippen LogP contribution is -2.45. The van der Waals surface area contributed by atoms with E-state index in [-0.39, 0.29) is 6.42 Å². The molecule has 1 aromatic carbocycles. The van der Waals surface area contributed by atoms with E-state index in [1.54, 1.807) is 0 Å². The molecule has 0 bridgehead atoms. The fourth-order valence-electron chi connectivity index (χ4n) is 1.60. The van der Waals surface area contributed by atoms with Gasteiger partial charge in [0.2, 0.25) is 0 Å². The van der Waals surface area contributed by atoms with Crippen LogP contribution in [0.5, 0.6) is 0 Å². The summed E-state index contributed by atoms with van der Waals surface area (Å²) in [7, 11) is 0. The molecule has 1 atom stereocenters. The Hall–Kier alpha value is -2.48. The van der Waals surface area contributed by atoms with E-state index in [0.29, 0.717) is 6.54 Å². The molecule has 3 N–H and O–H groups in total. The molecule has 0 aromatic heterocycles. The van der Waals surface area contributed by atoms with Gasteiger partial charge in [-0.1, -0.05) is 31.2 Å². The van der Waals surface area contributed by atoms with E-state index in [9.17, 15) is 9.59 Å². The van der Waals surface area contributed by atoms with E-state index >= 15 is 0 Å². The van der Waals surface area contributed by atoms with Gasteiger partial charge in [0.05, 0.1) is 0 Å². The van der Waals surface area contributed by atoms with Crippen LogP contribution in [0.25, 0.3) is 0 Å². The van der Waals surface area contributed by atoms with Crippen molar-refractivity contribution in [3.8, 4) is 12.3 Å². The minimum atomic E-state index is -1.15. The summed E-state index contributed by atoms with van der Waals surface area (Å²) in [6.07, 6.45) is 5.96. The Kier molecular flexibility index (Phi) is 6.11. The van der Waals surface area contributed by atoms with Crippen LogP contribution in [0.2, 0.25) is 0 Å². The van der Waals surface area contributed by atoms with Gasteiger partial charge in [-0.05, 0) is 17.5 Å². The highest BCUT2D eigenvalue weighted by atomic mass is 16.4. The molecule has 0 fully saturated rings. The first-order chi connectivity index (χ1) is 9.56. The Morgan fingerprint density at radius 3 is 2.40 bits per heavy atom. The van der Waals surface area contributed by atoms with E-state index in [0.717, 1.165) is 12.0 Å². The zero-order valence-electron chi connectivity index (χ0n) is 11.3. The lowest BCUT2D eigenvalue weighted by molar-refractivity contribution is -0.139. The first-order valence-corrected chi connectivity index (χ1v) is 6.35. The molecule has 0 aliphatic heterocycles. The van der Waals surface area contributed by atoms with E-state index in [1.165, 1.54) is 5.56 Å². The molecule has 106 valence electrons. The summed E-state index contributed by atoms with van der Waals surface area (Å²) < 4.78 is 0. The number of terminal acetylenes is 1. The van der Waals surface area contributed by atoms with Crippen molar-refractivity contribution in [2.45, 2.75) is 32.4 Å². The van der Waals surface area contributed by atoms with Crippen molar-refractivity contribution >= 4 is 12.0 Å². The predicted molar refractivity (Wildman–Crippen MR) is 76.1 cm³/mol. The van der Waals surface area contributed by atoms with Crippen LogP contribution in [-0.2, 0) is 17.8 Å². The monoisotopic (exact) mass is 274 g/mol. The molecule has 0 aliphatic carbocycles. The minimum Gasteiger partial charge on any atom is -0.480 e. The van der Waals surface area contributed by atoms with Crippen LogP contribution in [0, 0.1) is 12.3 Å². The van der Waals surface area contributed by atoms with Crippen molar-refractivity contribution < 1.29 is 14.7 Å². The molecule has 1 aromatic rings. The third-order valence-electron chi connectivity index (χ3n) is 2.81. The molecule has 0 spiro atoms. The molecule has 2 amide bonds. The van der Waals surface area contributed by atoms with Crippen LogP contribution >= 0.6 is 0 Å². The highest BCUT2D eigenvalue weighted by Gasteiger charge is 2.18. The van der Waals surface area contributed by atoms with Crippen LogP contribution in [0.15, 0.2) is 24.3 Å². The molecule has 5 heteroatoms. The zero-order valence-corrected chi connectivity index (χ0v) is 11.3. The van der Waals surface area contributed by atoms with Crippen molar-refractivity contribution in [2.75, 3.05) is 0 Å². The number of hydrogen-bond donors (Lipinski definition) is 3. The van der Waals surface area contributed by atoms with Gasteiger partial charge in [0.15, 0.2) is 0 Å². The second-order valence-electron chi connectivity index (χ2n) is 4.30. The van der Waals surface area contributed by atoms with E-state index in [4.69, 9.17) is 11.5 Å². The molecular formula is C15H18N2O3. The molecule has 0 saturated heterocycles. The molecule has 0 aliphatic rings. The minimum absolute atomic E-state index is 0.0477. The molecule has 20 heavy (non-hydrogen) atoms. The van der Waals surface area contributed by atoms with Gasteiger partial charge in [0, 0.05) is 13.0 Å². The number of amides is 2. The fraction of sp³-hybridized carbons (Fsp3) is 0.333. The maximum absolute atomic E-state index is 11.6. The third kappa shape index (κ3) is 5.02. The smallest absolute Gasteiger partial charge is 0.327 e. The second-order valence-corrected chi connectivity index (χ2v) is 4.30. The number of nitrogens with one attached hydrogen (secondary N) is 2. The number of aliphatic carboxylic acids is 1. The Bertz CT molecular complexity index is 503. The Morgan fingerprint density at radius 1 is 1.30 bits per heavy atom. The van der Waals surface area contributed by atoms with Gasteiger partial charge in [0.25, 0.3) is 0 Å². The summed E-state index contributed by atoms with van der Waals surface area (Å²) in [6.45, 7) is 2.40. The quantitative estimate of drug-likeness (QED) is 0.688. The highest BCUT2D eigenvalue weighted by molar-refractivity contribution is 5.82. The number of carboxylic acids is 1. The maximum Gasteiger partial charge on any atom is 0.327 e. The van der Waals surface area contributed by atoms with E-state index in [2.05, 4.69) is 23.5 Å². The summed E-state index contributed by atoms with van der Waals surface area (Å²) >= 11 is 0. The van der Waals surface area contributed by atoms with Crippen LogP contribution in [-0.4, -0.2) is 23.1 Å². The van der Waals surface area contributed by atoms with E-state index in [1.807, 2.05) is 24.3 Å². The summed E-state index contributed by atoms with van der Waals surface area (Å²) in [5.74, 6) is 1.07. The molecule has 0 heterocycles. The van der Waals surface area contributed by atoms with Gasteiger partial charge in [-0.2, -0.15) is 0 Å². The highest BCUT2D eigenvalue weighted by Crippen LogP contribution is 2.04. The maximum atomic E-state index is 11.6. The zero-order chi connectivity index (χ0) is 15.0. The Balaban J connectivity index is 2.46. The number of aryl methyl sites for hydroxylation is 1. The molecule has 5 nitrogen and oxygen atoms in total. The van der Waals surface area contributed by atoms with E-state index < -0.39 is 18.0 Å². The lowest BCUT2D eigenvalue weighted by atomic mass is 10.1. The number of carbonyl (C=O) groups excluding carboxylic acids is 1. The average molecular weight is 274 g/mol. The van der Waals surface area contributed by atoms with Gasteiger partial charge in [-0.25, -0.2) is 9.59 Å². The third-order valence-corrected chi connectivity index (χ3v) is 2.81. The van der Waals surface area contributed by atoms with Crippen LogP contribution < -0.4 is 10.6 Å². The standard InChI is InChI=1S/C15H18N2O3/c1-3-5-13(14(18)19)17-15(20)16-10-12-8-6-11(4-2)7-9-12/h1,6-9,13H,4-5,10H2,2H3,(H,18,19)(H2,16,17,20). The first kappa shape index (κ1) is 15.6. The van der Waals surface area contributed by atoms with Crippen molar-refractivity contribution in [1.29, 1.82) is 0 Å². The normalized spacial score (nSPS) is 11.2. The summed E-state index contributed by atoms with van der Waals surface area (Å²) in [4.78, 5) is 22.4. The number of hydrogen-bond acceptors (Lipinski definition) is 2. The van der Waals surface area contributed by atoms with Gasteiger partial charge >= 0.3 is 12.0 Å². The topological polar surface area (TPSA) is 78.4 Å². The van der Waals surface area contributed by atoms with Crippen molar-refractivity contribution in [2.24, 2.45) is 0 Å². The average Bonchev–Trinajstić information content (AvgIpc) is 2.45. The summed E-state index contributed by atoms with van der Waals surface area (Å²) in [5.41, 5.74) is 2.17. The Labute approximate surface area is 118 Å². The molecule has 1 rings (SSSR count). The van der Waals surface area contributed by atoms with Crippen molar-refractivity contribution in [3.05, 3.63) is 35.4 Å². The van der Waals surface area contributed by atoms with Crippen molar-refractivity contribution in [1.82, 2.24) is 10.6 Å². The predicted octanol–water partition coefficient (Wildman–Crippen LogP) is 1.52. The molecular weight excluding hydrogens is 256 g/mol. The number of benzene rings is 1.